The average molecular weight is 305 g/mol. The molecule has 0 unspecified atom stereocenters. The SMILES string of the molecule is C/C=C/C=C1c2ccccc2[B]c2ccc(O)cc21.CC.CC. The molecule has 2 aromatic carbocycles. The van der Waals surface area contributed by atoms with Gasteiger partial charge in [-0.1, -0.05) is 87.2 Å². The highest BCUT2D eigenvalue weighted by Crippen LogP contribution is 2.26. The van der Waals surface area contributed by atoms with Crippen LogP contribution in [-0.4, -0.2) is 12.4 Å². The minimum absolute atomic E-state index is 0.304. The van der Waals surface area contributed by atoms with Gasteiger partial charge in [0.1, 0.15) is 5.75 Å². The smallest absolute Gasteiger partial charge is 0.193 e. The monoisotopic (exact) mass is 305 g/mol. The van der Waals surface area contributed by atoms with E-state index in [1.54, 1.807) is 6.07 Å². The van der Waals surface area contributed by atoms with Crippen molar-refractivity contribution in [3.63, 3.8) is 0 Å². The first-order chi connectivity index (χ1) is 11.3. The van der Waals surface area contributed by atoms with Crippen molar-refractivity contribution in [1.82, 2.24) is 0 Å². The van der Waals surface area contributed by atoms with Crippen molar-refractivity contribution in [2.24, 2.45) is 0 Å². The maximum Gasteiger partial charge on any atom is 0.193 e. The summed E-state index contributed by atoms with van der Waals surface area (Å²) in [4.78, 5) is 0. The predicted molar refractivity (Wildman–Crippen MR) is 104 cm³/mol. The van der Waals surface area contributed by atoms with Gasteiger partial charge in [-0.2, -0.15) is 0 Å². The molecule has 0 bridgehead atoms. The topological polar surface area (TPSA) is 20.2 Å². The molecule has 0 saturated heterocycles. The zero-order chi connectivity index (χ0) is 17.2. The number of rotatable bonds is 1. The van der Waals surface area contributed by atoms with Crippen LogP contribution in [0.3, 0.4) is 0 Å². The van der Waals surface area contributed by atoms with Gasteiger partial charge in [0.25, 0.3) is 0 Å². The molecule has 0 atom stereocenters. The van der Waals surface area contributed by atoms with Crippen LogP contribution >= 0.6 is 0 Å². The van der Waals surface area contributed by atoms with Crippen LogP contribution in [0.25, 0.3) is 5.57 Å². The molecule has 1 nitrogen and oxygen atoms in total. The van der Waals surface area contributed by atoms with E-state index in [0.29, 0.717) is 5.75 Å². The fourth-order valence-corrected chi connectivity index (χ4v) is 2.46. The summed E-state index contributed by atoms with van der Waals surface area (Å²) in [7, 11) is 2.16. The number of aromatic hydroxyl groups is 1. The minimum atomic E-state index is 0.304. The van der Waals surface area contributed by atoms with Crippen LogP contribution in [0.5, 0.6) is 5.75 Å². The molecule has 0 aliphatic carbocycles. The van der Waals surface area contributed by atoms with E-state index in [1.165, 1.54) is 11.0 Å². The van der Waals surface area contributed by atoms with Crippen molar-refractivity contribution in [3.8, 4) is 5.75 Å². The second-order valence-electron chi connectivity index (χ2n) is 4.61. The van der Waals surface area contributed by atoms with E-state index < -0.39 is 0 Å². The summed E-state index contributed by atoms with van der Waals surface area (Å²) in [6, 6.07) is 13.9. The van der Waals surface area contributed by atoms with E-state index >= 15 is 0 Å². The van der Waals surface area contributed by atoms with E-state index in [-0.39, 0.29) is 0 Å². The summed E-state index contributed by atoms with van der Waals surface area (Å²) in [5.74, 6) is 0.304. The van der Waals surface area contributed by atoms with Gasteiger partial charge in [-0.3, -0.25) is 0 Å². The summed E-state index contributed by atoms with van der Waals surface area (Å²) in [6.45, 7) is 10.0. The fourth-order valence-electron chi connectivity index (χ4n) is 2.46. The molecule has 3 rings (SSSR count). The lowest BCUT2D eigenvalue weighted by Gasteiger charge is -2.22. The van der Waals surface area contributed by atoms with Gasteiger partial charge in [0, 0.05) is 0 Å². The van der Waals surface area contributed by atoms with E-state index in [0.717, 1.165) is 16.6 Å². The second-order valence-corrected chi connectivity index (χ2v) is 4.61. The zero-order valence-corrected chi connectivity index (χ0v) is 14.8. The molecular weight excluding hydrogens is 279 g/mol. The van der Waals surface area contributed by atoms with Crippen molar-refractivity contribution < 1.29 is 5.11 Å². The van der Waals surface area contributed by atoms with Crippen LogP contribution in [0.1, 0.15) is 45.7 Å². The summed E-state index contributed by atoms with van der Waals surface area (Å²) < 4.78 is 0. The predicted octanol–water partition coefficient (Wildman–Crippen LogP) is 4.42. The van der Waals surface area contributed by atoms with Crippen LogP contribution < -0.4 is 10.9 Å². The largest absolute Gasteiger partial charge is 0.508 e. The molecule has 1 N–H and O–H groups in total. The molecule has 1 heterocycles. The minimum Gasteiger partial charge on any atom is -0.508 e. The normalized spacial score (nSPS) is 13.0. The highest BCUT2D eigenvalue weighted by Gasteiger charge is 2.20. The summed E-state index contributed by atoms with van der Waals surface area (Å²) in [6.07, 6.45) is 6.14. The van der Waals surface area contributed by atoms with Crippen LogP contribution in [0.4, 0.5) is 0 Å². The van der Waals surface area contributed by atoms with Gasteiger partial charge in [-0.05, 0) is 35.8 Å². The number of fused-ring (bicyclic) bond motifs is 2. The Morgan fingerprint density at radius 1 is 0.870 bits per heavy atom. The van der Waals surface area contributed by atoms with Crippen LogP contribution in [-0.2, 0) is 0 Å². The third kappa shape index (κ3) is 4.38. The maximum absolute atomic E-state index is 9.72. The maximum atomic E-state index is 9.72. The molecule has 2 aromatic rings. The van der Waals surface area contributed by atoms with Crippen LogP contribution in [0.2, 0.25) is 0 Å². The third-order valence-corrected chi connectivity index (χ3v) is 3.34. The first kappa shape index (κ1) is 18.8. The molecule has 1 aliphatic heterocycles. The van der Waals surface area contributed by atoms with Gasteiger partial charge < -0.3 is 5.11 Å². The van der Waals surface area contributed by atoms with E-state index in [4.69, 9.17) is 0 Å². The number of phenols is 1. The molecule has 1 aliphatic rings. The number of allylic oxidation sites excluding steroid dienone is 3. The Morgan fingerprint density at radius 3 is 2.22 bits per heavy atom. The Hall–Kier alpha value is -2.22. The average Bonchev–Trinajstić information content (AvgIpc) is 2.62. The van der Waals surface area contributed by atoms with Crippen molar-refractivity contribution in [2.75, 3.05) is 0 Å². The van der Waals surface area contributed by atoms with Gasteiger partial charge in [-0.15, -0.1) is 0 Å². The molecule has 2 heteroatoms. The number of benzene rings is 2. The summed E-state index contributed by atoms with van der Waals surface area (Å²) in [5, 5.41) is 9.72. The number of hydrogen-bond acceptors (Lipinski definition) is 1. The Balaban J connectivity index is 0.000000615. The lowest BCUT2D eigenvalue weighted by molar-refractivity contribution is 0.475. The van der Waals surface area contributed by atoms with E-state index in [2.05, 4.69) is 25.5 Å². The fraction of sp³-hybridized carbons (Fsp3) is 0.238. The summed E-state index contributed by atoms with van der Waals surface area (Å²) >= 11 is 0. The molecule has 1 radical (unpaired) electrons. The molecule has 0 amide bonds. The van der Waals surface area contributed by atoms with Gasteiger partial charge in [-0.25, -0.2) is 0 Å². The number of hydrogen-bond donors (Lipinski definition) is 1. The Morgan fingerprint density at radius 2 is 1.52 bits per heavy atom. The van der Waals surface area contributed by atoms with Crippen molar-refractivity contribution in [1.29, 1.82) is 0 Å². The molecule has 0 spiro atoms. The quantitative estimate of drug-likeness (QED) is 0.660. The number of phenolic OH excluding ortho intramolecular Hbond substituents is 1. The van der Waals surface area contributed by atoms with Gasteiger partial charge in [0.2, 0.25) is 0 Å². The Labute approximate surface area is 141 Å². The molecule has 0 saturated carbocycles. The van der Waals surface area contributed by atoms with E-state index in [9.17, 15) is 5.11 Å². The molecule has 23 heavy (non-hydrogen) atoms. The second kappa shape index (κ2) is 9.73. The first-order valence-electron chi connectivity index (χ1n) is 8.40. The highest BCUT2D eigenvalue weighted by atomic mass is 16.3. The van der Waals surface area contributed by atoms with E-state index in [1.807, 2.05) is 71.0 Å². The van der Waals surface area contributed by atoms with Crippen molar-refractivity contribution in [3.05, 3.63) is 71.8 Å². The molecule has 0 aromatic heterocycles. The Kier molecular flexibility index (Phi) is 7.97. The van der Waals surface area contributed by atoms with Crippen molar-refractivity contribution in [2.45, 2.75) is 34.6 Å². The standard InChI is InChI=1S/C17H14BO.2C2H6/c1-2-3-6-13-14-7-4-5-8-16(14)18-17-10-9-12(19)11-15(13)17;2*1-2/h2-11,19H,1H3;2*1-2H3/b3-2+,13-6?;;. The van der Waals surface area contributed by atoms with Crippen molar-refractivity contribution >= 4 is 23.8 Å². The molecular formula is C21H26BO. The van der Waals surface area contributed by atoms with Gasteiger partial charge in [0.15, 0.2) is 7.28 Å². The van der Waals surface area contributed by atoms with Crippen LogP contribution in [0, 0.1) is 0 Å². The third-order valence-electron chi connectivity index (χ3n) is 3.34. The Bertz CT molecular complexity index is 684. The molecule has 0 fully saturated rings. The molecule has 119 valence electrons. The van der Waals surface area contributed by atoms with Gasteiger partial charge in [0.05, 0.1) is 0 Å². The van der Waals surface area contributed by atoms with Gasteiger partial charge >= 0.3 is 0 Å². The highest BCUT2D eigenvalue weighted by molar-refractivity contribution is 6.70. The summed E-state index contributed by atoms with van der Waals surface area (Å²) in [5.41, 5.74) is 5.81. The van der Waals surface area contributed by atoms with Crippen LogP contribution in [0.15, 0.2) is 60.7 Å². The lowest BCUT2D eigenvalue weighted by atomic mass is 9.55. The first-order valence-corrected chi connectivity index (χ1v) is 8.40. The zero-order valence-electron chi connectivity index (χ0n) is 14.8. The lowest BCUT2D eigenvalue weighted by Crippen LogP contribution is -2.36.